The van der Waals surface area contributed by atoms with Crippen LogP contribution in [0, 0.1) is 5.41 Å². The largest absolute Gasteiger partial charge is 0.418 e. The molecule has 0 aromatic heterocycles. The van der Waals surface area contributed by atoms with E-state index in [1.807, 2.05) is 21.0 Å². The first-order valence-corrected chi connectivity index (χ1v) is 8.25. The SMILES string of the molecule is CC(CC(=O)Nc1ccccc1C(F)(F)F)NCC(C)(C)CN(C)C. The molecule has 0 saturated heterocycles. The summed E-state index contributed by atoms with van der Waals surface area (Å²) >= 11 is 0. The van der Waals surface area contributed by atoms with Crippen LogP contribution in [0.1, 0.15) is 32.8 Å². The lowest BCUT2D eigenvalue weighted by molar-refractivity contribution is -0.137. The number of hydrogen-bond donors (Lipinski definition) is 2. The Morgan fingerprint density at radius 1 is 1.20 bits per heavy atom. The van der Waals surface area contributed by atoms with Crippen molar-refractivity contribution in [3.8, 4) is 0 Å². The molecule has 0 fully saturated rings. The molecule has 1 unspecified atom stereocenters. The maximum atomic E-state index is 12.9. The van der Waals surface area contributed by atoms with E-state index >= 15 is 0 Å². The Labute approximate surface area is 147 Å². The van der Waals surface area contributed by atoms with Gasteiger partial charge >= 0.3 is 6.18 Å². The molecule has 142 valence electrons. The molecule has 0 bridgehead atoms. The average molecular weight is 359 g/mol. The molecule has 0 spiro atoms. The number of amides is 1. The Morgan fingerprint density at radius 2 is 1.80 bits per heavy atom. The van der Waals surface area contributed by atoms with Crippen LogP contribution in [-0.2, 0) is 11.0 Å². The highest BCUT2D eigenvalue weighted by molar-refractivity contribution is 5.92. The first kappa shape index (κ1) is 21.4. The van der Waals surface area contributed by atoms with Crippen molar-refractivity contribution in [3.63, 3.8) is 0 Å². The molecule has 0 heterocycles. The van der Waals surface area contributed by atoms with Gasteiger partial charge in [0.2, 0.25) is 5.91 Å². The molecule has 0 aliphatic carbocycles. The van der Waals surface area contributed by atoms with Crippen molar-refractivity contribution >= 4 is 11.6 Å². The number of carbonyl (C=O) groups is 1. The van der Waals surface area contributed by atoms with E-state index in [9.17, 15) is 18.0 Å². The Bertz CT molecular complexity index is 571. The Kier molecular flexibility index (Phi) is 7.44. The summed E-state index contributed by atoms with van der Waals surface area (Å²) in [6.45, 7) is 7.68. The zero-order chi connectivity index (χ0) is 19.3. The van der Waals surface area contributed by atoms with Crippen molar-refractivity contribution < 1.29 is 18.0 Å². The van der Waals surface area contributed by atoms with Crippen molar-refractivity contribution in [2.75, 3.05) is 32.5 Å². The Morgan fingerprint density at radius 3 is 2.36 bits per heavy atom. The number of rotatable bonds is 8. The fraction of sp³-hybridized carbons (Fsp3) is 0.611. The van der Waals surface area contributed by atoms with Crippen molar-refractivity contribution in [2.45, 2.75) is 39.4 Å². The molecule has 25 heavy (non-hydrogen) atoms. The summed E-state index contributed by atoms with van der Waals surface area (Å²) in [6, 6.07) is 4.85. The van der Waals surface area contributed by atoms with Crippen LogP contribution in [-0.4, -0.2) is 44.0 Å². The van der Waals surface area contributed by atoms with E-state index in [2.05, 4.69) is 29.4 Å². The number of anilines is 1. The fourth-order valence-electron chi connectivity index (χ4n) is 2.75. The van der Waals surface area contributed by atoms with Gasteiger partial charge in [-0.25, -0.2) is 0 Å². The second kappa shape index (κ2) is 8.67. The van der Waals surface area contributed by atoms with Gasteiger partial charge in [0, 0.05) is 25.6 Å². The lowest BCUT2D eigenvalue weighted by atomic mass is 9.92. The predicted molar refractivity (Wildman–Crippen MR) is 94.5 cm³/mol. The van der Waals surface area contributed by atoms with Crippen LogP contribution in [0.4, 0.5) is 18.9 Å². The summed E-state index contributed by atoms with van der Waals surface area (Å²) in [7, 11) is 3.99. The van der Waals surface area contributed by atoms with E-state index in [1.54, 1.807) is 0 Å². The summed E-state index contributed by atoms with van der Waals surface area (Å²) in [5, 5.41) is 5.65. The van der Waals surface area contributed by atoms with Gasteiger partial charge in [0.15, 0.2) is 0 Å². The molecular weight excluding hydrogens is 331 g/mol. The number of benzene rings is 1. The zero-order valence-electron chi connectivity index (χ0n) is 15.5. The number of carbonyl (C=O) groups excluding carboxylic acids is 1. The molecule has 2 N–H and O–H groups in total. The normalized spacial score (nSPS) is 13.8. The van der Waals surface area contributed by atoms with Crippen LogP contribution < -0.4 is 10.6 Å². The monoisotopic (exact) mass is 359 g/mol. The molecule has 1 amide bonds. The molecule has 1 aromatic rings. The molecule has 0 aliphatic rings. The van der Waals surface area contributed by atoms with Crippen molar-refractivity contribution in [1.82, 2.24) is 10.2 Å². The second-order valence-corrected chi connectivity index (χ2v) is 7.48. The first-order chi connectivity index (χ1) is 11.4. The first-order valence-electron chi connectivity index (χ1n) is 8.25. The van der Waals surface area contributed by atoms with Crippen molar-refractivity contribution in [1.29, 1.82) is 0 Å². The lowest BCUT2D eigenvalue weighted by Gasteiger charge is -2.30. The number of nitrogens with one attached hydrogen (secondary N) is 2. The third-order valence-corrected chi connectivity index (χ3v) is 3.67. The maximum absolute atomic E-state index is 12.9. The zero-order valence-corrected chi connectivity index (χ0v) is 15.5. The highest BCUT2D eigenvalue weighted by atomic mass is 19.4. The van der Waals surface area contributed by atoms with Gasteiger partial charge in [-0.05, 0) is 38.6 Å². The Hall–Kier alpha value is -1.60. The topological polar surface area (TPSA) is 44.4 Å². The van der Waals surface area contributed by atoms with Gasteiger partial charge in [-0.1, -0.05) is 26.0 Å². The van der Waals surface area contributed by atoms with E-state index in [0.717, 1.165) is 12.6 Å². The quantitative estimate of drug-likeness (QED) is 0.745. The van der Waals surface area contributed by atoms with Gasteiger partial charge < -0.3 is 15.5 Å². The molecule has 0 aliphatic heterocycles. The highest BCUT2D eigenvalue weighted by Crippen LogP contribution is 2.34. The van der Waals surface area contributed by atoms with Crippen LogP contribution in [0.2, 0.25) is 0 Å². The average Bonchev–Trinajstić information content (AvgIpc) is 2.43. The molecule has 0 saturated carbocycles. The molecule has 1 aromatic carbocycles. The van der Waals surface area contributed by atoms with Crippen LogP contribution in [0.25, 0.3) is 0 Å². The molecule has 1 rings (SSSR count). The third-order valence-electron chi connectivity index (χ3n) is 3.67. The van der Waals surface area contributed by atoms with Gasteiger partial charge in [0.1, 0.15) is 0 Å². The molecule has 1 atom stereocenters. The summed E-state index contributed by atoms with van der Waals surface area (Å²) in [6.07, 6.45) is -4.39. The van der Waals surface area contributed by atoms with Gasteiger partial charge in [-0.3, -0.25) is 4.79 Å². The van der Waals surface area contributed by atoms with E-state index in [-0.39, 0.29) is 23.6 Å². The minimum atomic E-state index is -4.50. The Balaban J connectivity index is 2.58. The number of nitrogens with zero attached hydrogens (tertiary/aromatic N) is 1. The van der Waals surface area contributed by atoms with E-state index in [0.29, 0.717) is 6.54 Å². The van der Waals surface area contributed by atoms with Crippen LogP contribution in [0.3, 0.4) is 0 Å². The molecular formula is C18H28F3N3O. The summed E-state index contributed by atoms with van der Waals surface area (Å²) < 4.78 is 38.8. The number of halogens is 3. The van der Waals surface area contributed by atoms with Crippen LogP contribution in [0.5, 0.6) is 0 Å². The number of hydrogen-bond acceptors (Lipinski definition) is 3. The van der Waals surface area contributed by atoms with Gasteiger partial charge in [-0.2, -0.15) is 13.2 Å². The number of alkyl halides is 3. The molecule has 4 nitrogen and oxygen atoms in total. The predicted octanol–water partition coefficient (Wildman–Crippen LogP) is 3.60. The van der Waals surface area contributed by atoms with Gasteiger partial charge in [-0.15, -0.1) is 0 Å². The second-order valence-electron chi connectivity index (χ2n) is 7.48. The van der Waals surface area contributed by atoms with Gasteiger partial charge in [0.05, 0.1) is 11.3 Å². The fourth-order valence-corrected chi connectivity index (χ4v) is 2.75. The standard InChI is InChI=1S/C18H28F3N3O/c1-13(22-11-17(2,3)12-24(4)5)10-16(25)23-15-9-7-6-8-14(15)18(19,20)21/h6-9,13,22H,10-12H2,1-5H3,(H,23,25). The molecule has 7 heteroatoms. The highest BCUT2D eigenvalue weighted by Gasteiger charge is 2.33. The summed E-state index contributed by atoms with van der Waals surface area (Å²) in [5.74, 6) is -0.442. The third kappa shape index (κ3) is 7.88. The maximum Gasteiger partial charge on any atom is 0.418 e. The number of para-hydroxylation sites is 1. The van der Waals surface area contributed by atoms with E-state index in [1.165, 1.54) is 18.2 Å². The van der Waals surface area contributed by atoms with E-state index < -0.39 is 17.6 Å². The molecule has 0 radical (unpaired) electrons. The van der Waals surface area contributed by atoms with Gasteiger partial charge in [0.25, 0.3) is 0 Å². The lowest BCUT2D eigenvalue weighted by Crippen LogP contribution is -2.41. The minimum Gasteiger partial charge on any atom is -0.325 e. The van der Waals surface area contributed by atoms with Crippen LogP contribution in [0.15, 0.2) is 24.3 Å². The summed E-state index contributed by atoms with van der Waals surface area (Å²) in [5.41, 5.74) is -1.02. The van der Waals surface area contributed by atoms with Crippen molar-refractivity contribution in [3.05, 3.63) is 29.8 Å². The minimum absolute atomic E-state index is 0.0249. The summed E-state index contributed by atoms with van der Waals surface area (Å²) in [4.78, 5) is 14.2. The van der Waals surface area contributed by atoms with Crippen molar-refractivity contribution in [2.24, 2.45) is 5.41 Å². The van der Waals surface area contributed by atoms with E-state index in [4.69, 9.17) is 0 Å². The van der Waals surface area contributed by atoms with Crippen LogP contribution >= 0.6 is 0 Å². The smallest absolute Gasteiger partial charge is 0.325 e.